The molecule has 0 atom stereocenters. The van der Waals surface area contributed by atoms with Crippen molar-refractivity contribution in [2.45, 2.75) is 25.8 Å². The maximum atomic E-state index is 15.0. The van der Waals surface area contributed by atoms with Gasteiger partial charge < -0.3 is 19.7 Å². The van der Waals surface area contributed by atoms with E-state index in [0.29, 0.717) is 11.2 Å². The van der Waals surface area contributed by atoms with Crippen molar-refractivity contribution in [1.82, 2.24) is 14.8 Å². The zero-order valence-electron chi connectivity index (χ0n) is 16.4. The Labute approximate surface area is 168 Å². The maximum absolute atomic E-state index is 15.0. The second-order valence-corrected chi connectivity index (χ2v) is 7.59. The molecule has 1 saturated carbocycles. The number of benzene rings is 1. The number of hydrogen-bond donors (Lipinski definition) is 1. The number of fused-ring (bicyclic) bond motifs is 1. The van der Waals surface area contributed by atoms with Crippen molar-refractivity contribution in [2.24, 2.45) is 0 Å². The molecule has 1 aliphatic carbocycles. The number of carbonyl (C=O) groups excluding carboxylic acids is 1. The molecule has 1 aromatic carbocycles. The van der Waals surface area contributed by atoms with Gasteiger partial charge >= 0.3 is 0 Å². The van der Waals surface area contributed by atoms with Crippen molar-refractivity contribution >= 4 is 22.5 Å². The van der Waals surface area contributed by atoms with Crippen LogP contribution in [0.5, 0.6) is 0 Å². The molecule has 4 rings (SSSR count). The van der Waals surface area contributed by atoms with E-state index in [0.717, 1.165) is 45.6 Å². The van der Waals surface area contributed by atoms with E-state index in [9.17, 15) is 14.0 Å². The number of nitrogens with one attached hydrogen (secondary N) is 1. The van der Waals surface area contributed by atoms with Crippen LogP contribution in [0.25, 0.3) is 10.9 Å². The Bertz CT molecular complexity index is 1050. The smallest absolute Gasteiger partial charge is 0.257 e. The van der Waals surface area contributed by atoms with Crippen molar-refractivity contribution in [3.8, 4) is 6.07 Å². The fraction of sp³-hybridized carbons (Fsp3) is 0.476. The summed E-state index contributed by atoms with van der Waals surface area (Å²) in [6.45, 7) is 6.13. The van der Waals surface area contributed by atoms with Gasteiger partial charge in [0, 0.05) is 43.8 Å². The van der Waals surface area contributed by atoms with E-state index in [-0.39, 0.29) is 23.5 Å². The van der Waals surface area contributed by atoms with Crippen molar-refractivity contribution in [1.29, 1.82) is 5.26 Å². The van der Waals surface area contributed by atoms with Crippen LogP contribution in [0, 0.1) is 17.1 Å². The molecule has 0 radical (unpaired) electrons. The molecule has 1 amide bonds. The van der Waals surface area contributed by atoms with E-state index < -0.39 is 17.2 Å². The Balaban J connectivity index is 1.78. The fourth-order valence-electron chi connectivity index (χ4n) is 3.94. The third-order valence-corrected chi connectivity index (χ3v) is 5.77. The summed E-state index contributed by atoms with van der Waals surface area (Å²) in [4.78, 5) is 29.6. The number of hydrogen-bond acceptors (Lipinski definition) is 5. The fourth-order valence-corrected chi connectivity index (χ4v) is 3.94. The van der Waals surface area contributed by atoms with Crippen LogP contribution in [0.15, 0.2) is 23.1 Å². The van der Waals surface area contributed by atoms with E-state index in [1.807, 2.05) is 15.5 Å². The predicted octanol–water partition coefficient (Wildman–Crippen LogP) is 1.87. The van der Waals surface area contributed by atoms with Gasteiger partial charge in [-0.05, 0) is 31.5 Å². The van der Waals surface area contributed by atoms with E-state index in [2.05, 4.69) is 17.1 Å². The molecule has 0 bridgehead atoms. The van der Waals surface area contributed by atoms with Crippen molar-refractivity contribution in [3.63, 3.8) is 0 Å². The van der Waals surface area contributed by atoms with Gasteiger partial charge in [0.05, 0.1) is 17.3 Å². The minimum absolute atomic E-state index is 0.0524. The van der Waals surface area contributed by atoms with Crippen LogP contribution < -0.4 is 15.6 Å². The lowest BCUT2D eigenvalue weighted by Crippen LogP contribution is -2.46. The minimum Gasteiger partial charge on any atom is -0.367 e. The number of halogens is 1. The molecule has 0 spiro atoms. The highest BCUT2D eigenvalue weighted by Gasteiger charge is 2.28. The first-order chi connectivity index (χ1) is 14.0. The molecule has 29 heavy (non-hydrogen) atoms. The number of nitrogens with zero attached hydrogens (tertiary/aromatic N) is 4. The highest BCUT2D eigenvalue weighted by molar-refractivity contribution is 5.98. The molecular weight excluding hydrogens is 373 g/mol. The van der Waals surface area contributed by atoms with Crippen LogP contribution in [-0.4, -0.2) is 54.6 Å². The van der Waals surface area contributed by atoms with E-state index in [4.69, 9.17) is 5.26 Å². The lowest BCUT2D eigenvalue weighted by molar-refractivity contribution is 0.0957. The van der Waals surface area contributed by atoms with Gasteiger partial charge in [-0.3, -0.25) is 9.59 Å². The Morgan fingerprint density at radius 2 is 2.00 bits per heavy atom. The average Bonchev–Trinajstić information content (AvgIpc) is 3.57. The Morgan fingerprint density at radius 3 is 2.62 bits per heavy atom. The van der Waals surface area contributed by atoms with Crippen LogP contribution in [0.4, 0.5) is 10.1 Å². The summed E-state index contributed by atoms with van der Waals surface area (Å²) in [7, 11) is 0. The first-order valence-electron chi connectivity index (χ1n) is 10.0. The molecule has 8 heteroatoms. The molecule has 2 aromatic rings. The van der Waals surface area contributed by atoms with Gasteiger partial charge in [0.25, 0.3) is 5.91 Å². The third-order valence-electron chi connectivity index (χ3n) is 5.77. The zero-order chi connectivity index (χ0) is 20.5. The Hall–Kier alpha value is -2.92. The molecule has 2 heterocycles. The first-order valence-corrected chi connectivity index (χ1v) is 10.0. The molecule has 7 nitrogen and oxygen atoms in total. The average molecular weight is 397 g/mol. The summed E-state index contributed by atoms with van der Waals surface area (Å²) < 4.78 is 16.9. The third kappa shape index (κ3) is 3.70. The molecule has 0 unspecified atom stereocenters. The molecule has 2 aliphatic rings. The number of likely N-dealkylation sites (N-methyl/N-ethyl adjacent to an activating group) is 1. The molecule has 1 saturated heterocycles. The van der Waals surface area contributed by atoms with E-state index in [1.165, 1.54) is 6.07 Å². The molecule has 2 fully saturated rings. The molecule has 152 valence electrons. The van der Waals surface area contributed by atoms with Gasteiger partial charge in [-0.15, -0.1) is 0 Å². The molecule has 1 aliphatic heterocycles. The topological polar surface area (TPSA) is 81.4 Å². The number of nitriles is 1. The summed E-state index contributed by atoms with van der Waals surface area (Å²) in [5, 5.41) is 11.3. The number of carbonyl (C=O) groups is 1. The number of anilines is 1. The van der Waals surface area contributed by atoms with Crippen molar-refractivity contribution < 1.29 is 9.18 Å². The lowest BCUT2D eigenvalue weighted by atomic mass is 10.1. The summed E-state index contributed by atoms with van der Waals surface area (Å²) in [6, 6.07) is 5.05. The Morgan fingerprint density at radius 1 is 1.28 bits per heavy atom. The predicted molar refractivity (Wildman–Crippen MR) is 109 cm³/mol. The lowest BCUT2D eigenvalue weighted by Gasteiger charge is -2.35. The summed E-state index contributed by atoms with van der Waals surface area (Å²) in [5.74, 6) is -1.05. The highest BCUT2D eigenvalue weighted by atomic mass is 19.1. The SMILES string of the molecule is CCN1CCN(c2cc3c(cc2F)c(=O)c(C(=O)NCC#N)cn3C2CC2)CC1. The van der Waals surface area contributed by atoms with Gasteiger partial charge in [-0.2, -0.15) is 5.26 Å². The van der Waals surface area contributed by atoms with Crippen molar-refractivity contribution in [2.75, 3.05) is 44.2 Å². The number of rotatable bonds is 5. The van der Waals surface area contributed by atoms with Gasteiger partial charge in [0.1, 0.15) is 17.9 Å². The molecule has 1 N–H and O–H groups in total. The molecule has 1 aromatic heterocycles. The second kappa shape index (κ2) is 7.84. The van der Waals surface area contributed by atoms with Crippen LogP contribution in [0.3, 0.4) is 0 Å². The van der Waals surface area contributed by atoms with Crippen molar-refractivity contribution in [3.05, 3.63) is 39.9 Å². The Kier molecular flexibility index (Phi) is 5.24. The van der Waals surface area contributed by atoms with E-state index >= 15 is 0 Å². The largest absolute Gasteiger partial charge is 0.367 e. The summed E-state index contributed by atoms with van der Waals surface area (Å²) in [6.07, 6.45) is 3.48. The van der Waals surface area contributed by atoms with Gasteiger partial charge in [-0.1, -0.05) is 6.92 Å². The van der Waals surface area contributed by atoms with Gasteiger partial charge in [0.2, 0.25) is 5.43 Å². The second-order valence-electron chi connectivity index (χ2n) is 7.59. The maximum Gasteiger partial charge on any atom is 0.257 e. The van der Waals surface area contributed by atoms with Crippen LogP contribution in [0.1, 0.15) is 36.2 Å². The van der Waals surface area contributed by atoms with Gasteiger partial charge in [0.15, 0.2) is 0 Å². The summed E-state index contributed by atoms with van der Waals surface area (Å²) >= 11 is 0. The standard InChI is InChI=1S/C21H24FN5O2/c1-2-25-7-9-26(10-8-25)19-12-18-15(11-17(19)22)20(28)16(21(29)24-6-5-23)13-27(18)14-3-4-14/h11-14H,2-4,6-10H2,1H3,(H,24,29). The van der Waals surface area contributed by atoms with Crippen LogP contribution >= 0.6 is 0 Å². The summed E-state index contributed by atoms with van der Waals surface area (Å²) in [5.41, 5.74) is 0.601. The number of pyridine rings is 1. The minimum atomic E-state index is -0.604. The first kappa shape index (κ1) is 19.4. The normalized spacial score (nSPS) is 17.3. The number of aromatic nitrogens is 1. The molecular formula is C21H24FN5O2. The monoisotopic (exact) mass is 397 g/mol. The number of amides is 1. The zero-order valence-corrected chi connectivity index (χ0v) is 16.4. The number of piperazine rings is 1. The van der Waals surface area contributed by atoms with E-state index in [1.54, 1.807) is 12.3 Å². The van der Waals surface area contributed by atoms with Crippen LogP contribution in [-0.2, 0) is 0 Å². The van der Waals surface area contributed by atoms with Crippen LogP contribution in [0.2, 0.25) is 0 Å². The highest BCUT2D eigenvalue weighted by Crippen LogP contribution is 2.38. The quantitative estimate of drug-likeness (QED) is 0.779. The van der Waals surface area contributed by atoms with Gasteiger partial charge in [-0.25, -0.2) is 4.39 Å².